The maximum atomic E-state index is 12.1. The Balaban J connectivity index is 2.19. The first-order valence-electron chi connectivity index (χ1n) is 6.54. The van der Waals surface area contributed by atoms with Crippen LogP contribution in [0.15, 0.2) is 0 Å². The molecule has 4 heteroatoms. The Hall–Kier alpha value is -1.06. The van der Waals surface area contributed by atoms with E-state index in [1.54, 1.807) is 13.8 Å². The van der Waals surface area contributed by atoms with Crippen molar-refractivity contribution in [2.45, 2.75) is 39.5 Å². The Kier molecular flexibility index (Phi) is 3.40. The summed E-state index contributed by atoms with van der Waals surface area (Å²) in [6.07, 6.45) is 4.09. The zero-order chi connectivity index (χ0) is 12.5. The van der Waals surface area contributed by atoms with Crippen LogP contribution in [0.2, 0.25) is 0 Å². The number of hydrogen-bond acceptors (Lipinski definition) is 4. The minimum absolute atomic E-state index is 0.161. The number of ether oxygens (including phenoxy) is 2. The van der Waals surface area contributed by atoms with Crippen LogP contribution >= 0.6 is 0 Å². The van der Waals surface area contributed by atoms with Gasteiger partial charge in [0.2, 0.25) is 0 Å². The van der Waals surface area contributed by atoms with E-state index in [0.29, 0.717) is 13.2 Å². The van der Waals surface area contributed by atoms with Crippen molar-refractivity contribution in [3.8, 4) is 0 Å². The summed E-state index contributed by atoms with van der Waals surface area (Å²) >= 11 is 0. The third-order valence-electron chi connectivity index (χ3n) is 4.05. The second-order valence-electron chi connectivity index (χ2n) is 4.81. The Morgan fingerprint density at radius 2 is 1.41 bits per heavy atom. The average Bonchev–Trinajstić information content (AvgIpc) is 2.99. The molecular weight excluding hydrogens is 220 g/mol. The van der Waals surface area contributed by atoms with Crippen LogP contribution in [0.1, 0.15) is 39.5 Å². The van der Waals surface area contributed by atoms with Crippen molar-refractivity contribution in [2.75, 3.05) is 13.2 Å². The number of carbonyl (C=O) groups is 2. The van der Waals surface area contributed by atoms with Gasteiger partial charge < -0.3 is 9.47 Å². The molecule has 0 saturated heterocycles. The van der Waals surface area contributed by atoms with Crippen LogP contribution in [0.25, 0.3) is 0 Å². The molecule has 0 aromatic heterocycles. The first kappa shape index (κ1) is 12.4. The molecule has 0 aromatic carbocycles. The van der Waals surface area contributed by atoms with Crippen LogP contribution in [0.4, 0.5) is 0 Å². The summed E-state index contributed by atoms with van der Waals surface area (Å²) < 4.78 is 10.2. The third kappa shape index (κ3) is 1.74. The van der Waals surface area contributed by atoms with E-state index in [4.69, 9.17) is 9.47 Å². The molecule has 17 heavy (non-hydrogen) atoms. The molecule has 2 aliphatic rings. The number of rotatable bonds is 4. The quantitative estimate of drug-likeness (QED) is 0.556. The fourth-order valence-corrected chi connectivity index (χ4v) is 3.31. The van der Waals surface area contributed by atoms with Gasteiger partial charge in [0.1, 0.15) is 0 Å². The van der Waals surface area contributed by atoms with Gasteiger partial charge in [0.15, 0.2) is 5.41 Å². The summed E-state index contributed by atoms with van der Waals surface area (Å²) in [6.45, 7) is 4.17. The number of esters is 2. The van der Waals surface area contributed by atoms with Gasteiger partial charge in [-0.1, -0.05) is 12.8 Å². The molecule has 0 bridgehead atoms. The van der Waals surface area contributed by atoms with Gasteiger partial charge in [0.25, 0.3) is 0 Å². The molecule has 0 N–H and O–H groups in total. The van der Waals surface area contributed by atoms with Crippen LogP contribution in [0, 0.1) is 17.3 Å². The van der Waals surface area contributed by atoms with Crippen LogP contribution < -0.4 is 0 Å². The van der Waals surface area contributed by atoms with Crippen LogP contribution in [0.5, 0.6) is 0 Å². The molecule has 0 heterocycles. The average molecular weight is 240 g/mol. The predicted molar refractivity (Wildman–Crippen MR) is 61.1 cm³/mol. The van der Waals surface area contributed by atoms with Crippen LogP contribution in [-0.4, -0.2) is 25.2 Å². The van der Waals surface area contributed by atoms with Gasteiger partial charge in [-0.05, 0) is 38.5 Å². The third-order valence-corrected chi connectivity index (χ3v) is 4.05. The molecule has 0 aromatic rings. The molecule has 0 aliphatic heterocycles. The van der Waals surface area contributed by atoms with Gasteiger partial charge >= 0.3 is 11.9 Å². The molecular formula is C13H20O4. The van der Waals surface area contributed by atoms with Gasteiger partial charge in [0, 0.05) is 0 Å². The predicted octanol–water partition coefficient (Wildman–Crippen LogP) is 1.92. The highest BCUT2D eigenvalue weighted by molar-refractivity contribution is 6.04. The van der Waals surface area contributed by atoms with E-state index in [1.165, 1.54) is 0 Å². The molecule has 0 radical (unpaired) electrons. The van der Waals surface area contributed by atoms with Gasteiger partial charge in [-0.2, -0.15) is 0 Å². The van der Waals surface area contributed by atoms with Crippen molar-refractivity contribution in [3.05, 3.63) is 0 Å². The zero-order valence-corrected chi connectivity index (χ0v) is 10.5. The topological polar surface area (TPSA) is 52.6 Å². The molecule has 2 saturated carbocycles. The number of hydrogen-bond donors (Lipinski definition) is 0. The summed E-state index contributed by atoms with van der Waals surface area (Å²) in [5, 5.41) is 0. The molecule has 4 nitrogen and oxygen atoms in total. The first-order chi connectivity index (χ1) is 8.19. The standard InChI is InChI=1S/C13H20O4/c1-3-16-11(14)13(12(15)17-4-2)9-7-5-6-8-10(9)13/h9-10H,3-8H2,1-2H3. The minimum atomic E-state index is -0.956. The molecule has 0 spiro atoms. The summed E-state index contributed by atoms with van der Waals surface area (Å²) in [7, 11) is 0. The van der Waals surface area contributed by atoms with Gasteiger partial charge in [-0.15, -0.1) is 0 Å². The highest BCUT2D eigenvalue weighted by Gasteiger charge is 2.75. The van der Waals surface area contributed by atoms with E-state index >= 15 is 0 Å². The lowest BCUT2D eigenvalue weighted by atomic mass is 10.0. The summed E-state index contributed by atoms with van der Waals surface area (Å²) in [5.41, 5.74) is -0.956. The zero-order valence-electron chi connectivity index (χ0n) is 10.5. The Bertz CT molecular complexity index is 291. The Morgan fingerprint density at radius 3 is 1.76 bits per heavy atom. The molecule has 2 atom stereocenters. The maximum Gasteiger partial charge on any atom is 0.324 e. The van der Waals surface area contributed by atoms with Crippen LogP contribution in [0.3, 0.4) is 0 Å². The van der Waals surface area contributed by atoms with Gasteiger partial charge in [-0.25, -0.2) is 0 Å². The number of fused-ring (bicyclic) bond motifs is 1. The van der Waals surface area contributed by atoms with Crippen molar-refractivity contribution in [3.63, 3.8) is 0 Å². The molecule has 2 fully saturated rings. The molecule has 2 aliphatic carbocycles. The maximum absolute atomic E-state index is 12.1. The fourth-order valence-electron chi connectivity index (χ4n) is 3.31. The monoisotopic (exact) mass is 240 g/mol. The normalized spacial score (nSPS) is 29.1. The number of carbonyl (C=O) groups excluding carboxylic acids is 2. The SMILES string of the molecule is CCOC(=O)C1(C(=O)OCC)C2CCCCC21. The van der Waals surface area contributed by atoms with Crippen molar-refractivity contribution >= 4 is 11.9 Å². The van der Waals surface area contributed by atoms with Crippen molar-refractivity contribution in [1.29, 1.82) is 0 Å². The second-order valence-corrected chi connectivity index (χ2v) is 4.81. The Labute approximate surface area is 102 Å². The van der Waals surface area contributed by atoms with Gasteiger partial charge in [0.05, 0.1) is 13.2 Å². The smallest absolute Gasteiger partial charge is 0.324 e. The highest BCUT2D eigenvalue weighted by atomic mass is 16.6. The molecule has 2 unspecified atom stereocenters. The van der Waals surface area contributed by atoms with E-state index in [-0.39, 0.29) is 23.8 Å². The fraction of sp³-hybridized carbons (Fsp3) is 0.846. The molecule has 2 rings (SSSR count). The Morgan fingerprint density at radius 1 is 1.00 bits per heavy atom. The summed E-state index contributed by atoms with van der Waals surface area (Å²) in [5.74, 6) is -0.408. The molecule has 0 amide bonds. The second kappa shape index (κ2) is 4.67. The van der Waals surface area contributed by atoms with Crippen molar-refractivity contribution in [2.24, 2.45) is 17.3 Å². The first-order valence-corrected chi connectivity index (χ1v) is 6.54. The van der Waals surface area contributed by atoms with Crippen LogP contribution in [-0.2, 0) is 19.1 Å². The minimum Gasteiger partial charge on any atom is -0.465 e. The largest absolute Gasteiger partial charge is 0.465 e. The van der Waals surface area contributed by atoms with E-state index in [0.717, 1.165) is 25.7 Å². The van der Waals surface area contributed by atoms with E-state index in [9.17, 15) is 9.59 Å². The van der Waals surface area contributed by atoms with E-state index in [2.05, 4.69) is 0 Å². The lowest BCUT2D eigenvalue weighted by molar-refractivity contribution is -0.165. The lowest BCUT2D eigenvalue weighted by Gasteiger charge is -2.14. The lowest BCUT2D eigenvalue weighted by Crippen LogP contribution is -2.33. The van der Waals surface area contributed by atoms with Crippen molar-refractivity contribution < 1.29 is 19.1 Å². The van der Waals surface area contributed by atoms with Crippen molar-refractivity contribution in [1.82, 2.24) is 0 Å². The molecule has 96 valence electrons. The highest BCUT2D eigenvalue weighted by Crippen LogP contribution is 2.66. The van der Waals surface area contributed by atoms with Gasteiger partial charge in [-0.3, -0.25) is 9.59 Å². The summed E-state index contributed by atoms with van der Waals surface area (Å²) in [4.78, 5) is 24.2. The summed E-state index contributed by atoms with van der Waals surface area (Å²) in [6, 6.07) is 0. The van der Waals surface area contributed by atoms with E-state index in [1.807, 2.05) is 0 Å². The van der Waals surface area contributed by atoms with E-state index < -0.39 is 5.41 Å².